The number of rotatable bonds is 7. The van der Waals surface area contributed by atoms with Crippen LogP contribution in [0.3, 0.4) is 0 Å². The molecular weight excluding hydrogens is 415 g/mol. The second-order valence-corrected chi connectivity index (χ2v) is 7.18. The molecule has 0 bridgehead atoms. The number of halogens is 3. The highest BCUT2D eigenvalue weighted by Gasteiger charge is 2.35. The van der Waals surface area contributed by atoms with E-state index in [1.54, 1.807) is 41.2 Å². The van der Waals surface area contributed by atoms with Crippen LogP contribution in [0.1, 0.15) is 27.2 Å². The van der Waals surface area contributed by atoms with Crippen molar-refractivity contribution in [2.75, 3.05) is 0 Å². The quantitative estimate of drug-likeness (QED) is 0.595. The van der Waals surface area contributed by atoms with Gasteiger partial charge in [0.15, 0.2) is 0 Å². The molecule has 2 N–H and O–H groups in total. The molecule has 0 aliphatic heterocycles. The number of nitrogens with one attached hydrogen (secondary N) is 2. The molecule has 1 atom stereocenters. The molecule has 30 heavy (non-hydrogen) atoms. The third-order valence-electron chi connectivity index (χ3n) is 4.31. The molecule has 3 rings (SSSR count). The molecule has 0 unspecified atom stereocenters. The van der Waals surface area contributed by atoms with E-state index < -0.39 is 35.2 Å². The van der Waals surface area contributed by atoms with Gasteiger partial charge in [0.05, 0.1) is 28.9 Å². The van der Waals surface area contributed by atoms with Crippen molar-refractivity contribution in [3.8, 4) is 0 Å². The van der Waals surface area contributed by atoms with Crippen LogP contribution in [-0.4, -0.2) is 22.8 Å². The van der Waals surface area contributed by atoms with Gasteiger partial charge in [0.1, 0.15) is 6.04 Å². The van der Waals surface area contributed by atoms with E-state index in [1.807, 2.05) is 0 Å². The molecule has 0 spiro atoms. The summed E-state index contributed by atoms with van der Waals surface area (Å²) in [5.41, 5.74) is 1.45. The van der Waals surface area contributed by atoms with E-state index in [1.165, 1.54) is 23.5 Å². The number of carbonyl (C=O) groups is 2. The maximum absolute atomic E-state index is 13.3. The van der Waals surface area contributed by atoms with Gasteiger partial charge in [0.25, 0.3) is 5.91 Å². The topological polar surface area (TPSA) is 71.1 Å². The lowest BCUT2D eigenvalue weighted by Crippen LogP contribution is -2.48. The highest BCUT2D eigenvalue weighted by Crippen LogP contribution is 2.31. The minimum Gasteiger partial charge on any atom is -0.349 e. The second-order valence-electron chi connectivity index (χ2n) is 6.46. The third-order valence-corrected chi connectivity index (χ3v) is 4.94. The monoisotopic (exact) mass is 433 g/mol. The highest BCUT2D eigenvalue weighted by molar-refractivity contribution is 7.07. The Bertz CT molecular complexity index is 992. The lowest BCUT2D eigenvalue weighted by Gasteiger charge is -2.20. The molecule has 9 heteroatoms. The van der Waals surface area contributed by atoms with Gasteiger partial charge in [-0.25, -0.2) is 4.98 Å². The van der Waals surface area contributed by atoms with Crippen LogP contribution in [0.5, 0.6) is 0 Å². The van der Waals surface area contributed by atoms with Crippen molar-refractivity contribution in [3.63, 3.8) is 0 Å². The molecule has 2 amide bonds. The first kappa shape index (κ1) is 21.5. The Morgan fingerprint density at radius 3 is 2.40 bits per heavy atom. The van der Waals surface area contributed by atoms with Crippen molar-refractivity contribution in [1.82, 2.24) is 15.6 Å². The van der Waals surface area contributed by atoms with E-state index in [2.05, 4.69) is 15.6 Å². The zero-order chi connectivity index (χ0) is 21.6. The molecule has 0 aliphatic carbocycles. The van der Waals surface area contributed by atoms with Gasteiger partial charge in [-0.05, 0) is 17.7 Å². The van der Waals surface area contributed by atoms with Crippen molar-refractivity contribution in [2.24, 2.45) is 0 Å². The van der Waals surface area contributed by atoms with Crippen LogP contribution in [0.15, 0.2) is 65.5 Å². The molecule has 1 aromatic heterocycles. The summed E-state index contributed by atoms with van der Waals surface area (Å²) < 4.78 is 39.8. The van der Waals surface area contributed by atoms with Gasteiger partial charge in [-0.3, -0.25) is 9.59 Å². The first-order valence-corrected chi connectivity index (χ1v) is 9.94. The number of benzene rings is 2. The molecule has 0 radical (unpaired) electrons. The van der Waals surface area contributed by atoms with Crippen LogP contribution in [0.4, 0.5) is 13.2 Å². The van der Waals surface area contributed by atoms with Crippen molar-refractivity contribution >= 4 is 23.2 Å². The van der Waals surface area contributed by atoms with Gasteiger partial charge in [0.2, 0.25) is 5.91 Å². The number of aromatic nitrogens is 1. The maximum Gasteiger partial charge on any atom is 0.417 e. The summed E-state index contributed by atoms with van der Waals surface area (Å²) in [6, 6.07) is 12.3. The van der Waals surface area contributed by atoms with E-state index in [4.69, 9.17) is 0 Å². The number of nitrogens with zero attached hydrogens (tertiary/aromatic N) is 1. The van der Waals surface area contributed by atoms with Crippen LogP contribution in [0, 0.1) is 0 Å². The van der Waals surface area contributed by atoms with E-state index in [9.17, 15) is 22.8 Å². The SMILES string of the molecule is O=C(N[C@H](Cc1ccccc1)C(=O)NCc1cscn1)c1ccccc1C(F)(F)F. The normalized spacial score (nSPS) is 12.2. The van der Waals surface area contributed by atoms with Gasteiger partial charge < -0.3 is 10.6 Å². The summed E-state index contributed by atoms with van der Waals surface area (Å²) in [7, 11) is 0. The Hall–Kier alpha value is -3.20. The summed E-state index contributed by atoms with van der Waals surface area (Å²) in [6.07, 6.45) is -4.56. The van der Waals surface area contributed by atoms with Crippen LogP contribution in [0.25, 0.3) is 0 Å². The average Bonchev–Trinajstić information content (AvgIpc) is 3.25. The number of carbonyl (C=O) groups excluding carboxylic acids is 2. The average molecular weight is 433 g/mol. The molecule has 1 heterocycles. The number of alkyl halides is 3. The van der Waals surface area contributed by atoms with Crippen LogP contribution >= 0.6 is 11.3 Å². The van der Waals surface area contributed by atoms with Crippen LogP contribution in [0.2, 0.25) is 0 Å². The Balaban J connectivity index is 1.79. The predicted octanol–water partition coefficient (Wildman–Crippen LogP) is 3.82. The fourth-order valence-electron chi connectivity index (χ4n) is 2.85. The van der Waals surface area contributed by atoms with Gasteiger partial charge in [-0.2, -0.15) is 13.2 Å². The Morgan fingerprint density at radius 1 is 1.03 bits per heavy atom. The minimum atomic E-state index is -4.68. The largest absolute Gasteiger partial charge is 0.417 e. The fourth-order valence-corrected chi connectivity index (χ4v) is 3.41. The molecule has 2 aromatic carbocycles. The number of hydrogen-bond acceptors (Lipinski definition) is 4. The van der Waals surface area contributed by atoms with Crippen molar-refractivity contribution in [3.05, 3.63) is 87.9 Å². The Kier molecular flexibility index (Phi) is 6.83. The minimum absolute atomic E-state index is 0.129. The van der Waals surface area contributed by atoms with E-state index in [0.717, 1.165) is 17.7 Å². The predicted molar refractivity (Wildman–Crippen MR) is 107 cm³/mol. The van der Waals surface area contributed by atoms with Crippen LogP contribution in [-0.2, 0) is 23.9 Å². The zero-order valence-corrected chi connectivity index (χ0v) is 16.5. The van der Waals surface area contributed by atoms with Gasteiger partial charge in [0, 0.05) is 11.8 Å². The lowest BCUT2D eigenvalue weighted by atomic mass is 10.0. The summed E-state index contributed by atoms with van der Waals surface area (Å²) in [5, 5.41) is 6.90. The van der Waals surface area contributed by atoms with Gasteiger partial charge >= 0.3 is 6.18 Å². The van der Waals surface area contributed by atoms with Crippen molar-refractivity contribution in [2.45, 2.75) is 25.2 Å². The standard InChI is InChI=1S/C21H18F3N3O2S/c22-21(23,24)17-9-5-4-8-16(17)19(28)27-18(10-14-6-2-1-3-7-14)20(29)25-11-15-12-30-13-26-15/h1-9,12-13,18H,10-11H2,(H,25,29)(H,27,28)/t18-/m1/s1. The highest BCUT2D eigenvalue weighted by atomic mass is 32.1. The number of amides is 2. The lowest BCUT2D eigenvalue weighted by molar-refractivity contribution is -0.137. The molecule has 156 valence electrons. The van der Waals surface area contributed by atoms with E-state index in [0.29, 0.717) is 5.69 Å². The second kappa shape index (κ2) is 9.53. The van der Waals surface area contributed by atoms with E-state index in [-0.39, 0.29) is 13.0 Å². The summed E-state index contributed by atoms with van der Waals surface area (Å²) >= 11 is 1.38. The van der Waals surface area contributed by atoms with Crippen molar-refractivity contribution in [1.29, 1.82) is 0 Å². The molecule has 5 nitrogen and oxygen atoms in total. The van der Waals surface area contributed by atoms with Gasteiger partial charge in [-0.1, -0.05) is 42.5 Å². The van der Waals surface area contributed by atoms with Crippen LogP contribution < -0.4 is 10.6 Å². The smallest absolute Gasteiger partial charge is 0.349 e. The fraction of sp³-hybridized carbons (Fsp3) is 0.190. The first-order valence-electron chi connectivity index (χ1n) is 9.00. The number of thiazole rings is 1. The molecule has 0 saturated carbocycles. The first-order chi connectivity index (χ1) is 14.3. The third kappa shape index (κ3) is 5.66. The Morgan fingerprint density at radius 2 is 1.73 bits per heavy atom. The summed E-state index contributed by atoms with van der Waals surface area (Å²) in [4.78, 5) is 29.4. The summed E-state index contributed by atoms with van der Waals surface area (Å²) in [6.45, 7) is 0.155. The molecular formula is C21H18F3N3O2S. The number of hydrogen-bond donors (Lipinski definition) is 2. The van der Waals surface area contributed by atoms with Crippen molar-refractivity contribution < 1.29 is 22.8 Å². The van der Waals surface area contributed by atoms with E-state index >= 15 is 0 Å². The Labute approximate surface area is 175 Å². The maximum atomic E-state index is 13.3. The molecule has 0 saturated heterocycles. The molecule has 3 aromatic rings. The molecule has 0 aliphatic rings. The summed E-state index contributed by atoms with van der Waals surface area (Å²) in [5.74, 6) is -1.47. The zero-order valence-electron chi connectivity index (χ0n) is 15.6. The molecule has 0 fully saturated rings. The van der Waals surface area contributed by atoms with Gasteiger partial charge in [-0.15, -0.1) is 11.3 Å².